The second-order valence-corrected chi connectivity index (χ2v) is 7.38. The van der Waals surface area contributed by atoms with Crippen LogP contribution in [0.4, 0.5) is 0 Å². The van der Waals surface area contributed by atoms with Crippen molar-refractivity contribution in [2.75, 3.05) is 7.05 Å². The predicted molar refractivity (Wildman–Crippen MR) is 87.0 cm³/mol. The summed E-state index contributed by atoms with van der Waals surface area (Å²) in [6.07, 6.45) is 0.313. The summed E-state index contributed by atoms with van der Waals surface area (Å²) in [5.74, 6) is -0.0957. The van der Waals surface area contributed by atoms with Crippen molar-refractivity contribution in [3.63, 3.8) is 0 Å². The van der Waals surface area contributed by atoms with Crippen LogP contribution in [0.2, 0.25) is 4.34 Å². The van der Waals surface area contributed by atoms with E-state index in [0.29, 0.717) is 21.3 Å². The first-order valence-electron chi connectivity index (χ1n) is 6.31. The number of carbonyl (C=O) groups excluding carboxylic acids is 1. The van der Waals surface area contributed by atoms with E-state index in [-0.39, 0.29) is 11.9 Å². The molecule has 0 spiro atoms. The standard InChI is InChI=1S/C14H14ClN3OS2/c1-8(6-7-16)18(3)14(19)12-9(2)17-13(21-12)10-4-5-11(15)20-10/h4-5,8H,6H2,1-3H3. The van der Waals surface area contributed by atoms with Crippen LogP contribution in [0.15, 0.2) is 12.1 Å². The molecule has 2 aromatic rings. The molecule has 2 heterocycles. The average Bonchev–Trinajstić information content (AvgIpc) is 3.03. The lowest BCUT2D eigenvalue weighted by atomic mass is 10.2. The van der Waals surface area contributed by atoms with Crippen molar-refractivity contribution in [2.45, 2.75) is 26.3 Å². The van der Waals surface area contributed by atoms with Crippen LogP contribution < -0.4 is 0 Å². The SMILES string of the molecule is Cc1nc(-c2ccc(Cl)s2)sc1C(=O)N(C)C(C)CC#N. The Balaban J connectivity index is 2.27. The van der Waals surface area contributed by atoms with Gasteiger partial charge in [-0.15, -0.1) is 22.7 Å². The van der Waals surface area contributed by atoms with Gasteiger partial charge in [0.05, 0.1) is 27.4 Å². The number of aryl methyl sites for hydroxylation is 1. The largest absolute Gasteiger partial charge is 0.337 e. The molecule has 0 aliphatic heterocycles. The average molecular weight is 340 g/mol. The van der Waals surface area contributed by atoms with Crippen molar-refractivity contribution >= 4 is 40.2 Å². The van der Waals surface area contributed by atoms with Gasteiger partial charge in [-0.2, -0.15) is 5.26 Å². The molecule has 2 rings (SSSR count). The monoisotopic (exact) mass is 339 g/mol. The topological polar surface area (TPSA) is 57.0 Å². The van der Waals surface area contributed by atoms with Crippen LogP contribution in [0, 0.1) is 18.3 Å². The molecule has 1 unspecified atom stereocenters. The fraction of sp³-hybridized carbons (Fsp3) is 0.357. The number of carbonyl (C=O) groups is 1. The number of thiazole rings is 1. The maximum Gasteiger partial charge on any atom is 0.265 e. The molecule has 0 bridgehead atoms. The summed E-state index contributed by atoms with van der Waals surface area (Å²) >= 11 is 8.74. The Kier molecular flexibility index (Phi) is 4.99. The van der Waals surface area contributed by atoms with Gasteiger partial charge in [-0.1, -0.05) is 11.6 Å². The van der Waals surface area contributed by atoms with Gasteiger partial charge in [-0.05, 0) is 26.0 Å². The number of hydrogen-bond donors (Lipinski definition) is 0. The summed E-state index contributed by atoms with van der Waals surface area (Å²) in [6.45, 7) is 3.68. The minimum Gasteiger partial charge on any atom is -0.337 e. The molecule has 0 aromatic carbocycles. The summed E-state index contributed by atoms with van der Waals surface area (Å²) in [4.78, 5) is 20.1. The summed E-state index contributed by atoms with van der Waals surface area (Å²) in [7, 11) is 1.71. The molecular formula is C14H14ClN3OS2. The van der Waals surface area contributed by atoms with Gasteiger partial charge >= 0.3 is 0 Å². The van der Waals surface area contributed by atoms with E-state index in [2.05, 4.69) is 11.1 Å². The van der Waals surface area contributed by atoms with Crippen LogP contribution in [-0.4, -0.2) is 28.9 Å². The molecule has 110 valence electrons. The summed E-state index contributed by atoms with van der Waals surface area (Å²) in [5.41, 5.74) is 0.709. The van der Waals surface area contributed by atoms with E-state index in [9.17, 15) is 4.79 Å². The van der Waals surface area contributed by atoms with E-state index >= 15 is 0 Å². The zero-order chi connectivity index (χ0) is 15.6. The molecule has 21 heavy (non-hydrogen) atoms. The van der Waals surface area contributed by atoms with Gasteiger partial charge in [0.2, 0.25) is 0 Å². The molecule has 1 amide bonds. The van der Waals surface area contributed by atoms with Gasteiger partial charge in [0.15, 0.2) is 0 Å². The number of nitrogens with zero attached hydrogens (tertiary/aromatic N) is 3. The van der Waals surface area contributed by atoms with Crippen molar-refractivity contribution in [1.29, 1.82) is 5.26 Å². The molecule has 0 radical (unpaired) electrons. The highest BCUT2D eigenvalue weighted by Gasteiger charge is 2.23. The first-order chi connectivity index (χ1) is 9.93. The van der Waals surface area contributed by atoms with Gasteiger partial charge in [-0.25, -0.2) is 4.98 Å². The minimum atomic E-state index is -0.122. The Labute approximate surface area is 136 Å². The fourth-order valence-corrected chi connectivity index (χ4v) is 3.91. The Hall–Kier alpha value is -1.42. The Morgan fingerprint density at radius 2 is 2.24 bits per heavy atom. The Morgan fingerprint density at radius 3 is 2.81 bits per heavy atom. The molecule has 0 saturated heterocycles. The van der Waals surface area contributed by atoms with E-state index < -0.39 is 0 Å². The van der Waals surface area contributed by atoms with Gasteiger partial charge in [0.1, 0.15) is 9.88 Å². The van der Waals surface area contributed by atoms with Crippen LogP contribution in [0.5, 0.6) is 0 Å². The number of nitriles is 1. The molecule has 7 heteroatoms. The first kappa shape index (κ1) is 16.0. The quantitative estimate of drug-likeness (QED) is 0.838. The zero-order valence-corrected chi connectivity index (χ0v) is 14.3. The number of aromatic nitrogens is 1. The van der Waals surface area contributed by atoms with E-state index in [4.69, 9.17) is 16.9 Å². The number of thiophene rings is 1. The third kappa shape index (κ3) is 3.43. The maximum atomic E-state index is 12.5. The zero-order valence-electron chi connectivity index (χ0n) is 11.9. The maximum absolute atomic E-state index is 12.5. The Morgan fingerprint density at radius 1 is 1.52 bits per heavy atom. The van der Waals surface area contributed by atoms with Crippen LogP contribution in [0.3, 0.4) is 0 Å². The third-order valence-electron chi connectivity index (χ3n) is 3.14. The van der Waals surface area contributed by atoms with Crippen LogP contribution in [0.1, 0.15) is 28.7 Å². The first-order valence-corrected chi connectivity index (χ1v) is 8.32. The normalized spacial score (nSPS) is 12.0. The highest BCUT2D eigenvalue weighted by Crippen LogP contribution is 2.35. The molecular weight excluding hydrogens is 326 g/mol. The molecule has 0 fully saturated rings. The molecule has 2 aromatic heterocycles. The van der Waals surface area contributed by atoms with Crippen molar-refractivity contribution < 1.29 is 4.79 Å². The lowest BCUT2D eigenvalue weighted by Crippen LogP contribution is -2.34. The van der Waals surface area contributed by atoms with Crippen molar-refractivity contribution in [3.05, 3.63) is 27.0 Å². The number of halogens is 1. The lowest BCUT2D eigenvalue weighted by Gasteiger charge is -2.22. The smallest absolute Gasteiger partial charge is 0.265 e. The van der Waals surface area contributed by atoms with E-state index in [0.717, 1.165) is 9.88 Å². The van der Waals surface area contributed by atoms with E-state index in [1.807, 2.05) is 26.0 Å². The van der Waals surface area contributed by atoms with E-state index in [1.165, 1.54) is 22.7 Å². The van der Waals surface area contributed by atoms with Crippen molar-refractivity contribution in [3.8, 4) is 16.0 Å². The van der Waals surface area contributed by atoms with Crippen LogP contribution >= 0.6 is 34.3 Å². The Bertz CT molecular complexity index is 701. The van der Waals surface area contributed by atoms with Crippen molar-refractivity contribution in [1.82, 2.24) is 9.88 Å². The fourth-order valence-electron chi connectivity index (χ4n) is 1.76. The molecule has 0 saturated carbocycles. The lowest BCUT2D eigenvalue weighted by molar-refractivity contribution is 0.0750. The minimum absolute atomic E-state index is 0.0957. The van der Waals surface area contributed by atoms with Crippen LogP contribution in [-0.2, 0) is 0 Å². The number of amides is 1. The molecule has 0 aliphatic rings. The van der Waals surface area contributed by atoms with Crippen molar-refractivity contribution in [2.24, 2.45) is 0 Å². The molecule has 4 nitrogen and oxygen atoms in total. The van der Waals surface area contributed by atoms with Gasteiger partial charge in [0, 0.05) is 13.1 Å². The third-order valence-corrected chi connectivity index (χ3v) is 5.69. The van der Waals surface area contributed by atoms with Gasteiger partial charge < -0.3 is 4.90 Å². The highest BCUT2D eigenvalue weighted by atomic mass is 35.5. The predicted octanol–water partition coefficient (Wildman–Crippen LogP) is 4.21. The highest BCUT2D eigenvalue weighted by molar-refractivity contribution is 7.24. The second kappa shape index (κ2) is 6.56. The van der Waals surface area contributed by atoms with Crippen LogP contribution in [0.25, 0.3) is 9.88 Å². The summed E-state index contributed by atoms with van der Waals surface area (Å²) in [6, 6.07) is 5.69. The summed E-state index contributed by atoms with van der Waals surface area (Å²) < 4.78 is 0.700. The van der Waals surface area contributed by atoms with E-state index in [1.54, 1.807) is 11.9 Å². The molecule has 0 aliphatic carbocycles. The van der Waals surface area contributed by atoms with Gasteiger partial charge in [-0.3, -0.25) is 4.79 Å². The number of hydrogen-bond acceptors (Lipinski definition) is 5. The second-order valence-electron chi connectivity index (χ2n) is 4.66. The van der Waals surface area contributed by atoms with Gasteiger partial charge in [0.25, 0.3) is 5.91 Å². The summed E-state index contributed by atoms with van der Waals surface area (Å²) in [5, 5.41) is 9.54. The molecule has 1 atom stereocenters. The number of rotatable bonds is 4. The molecule has 0 N–H and O–H groups in total.